The number of rotatable bonds is 8. The fourth-order valence-electron chi connectivity index (χ4n) is 9.65. The summed E-state index contributed by atoms with van der Waals surface area (Å²) in [4.78, 5) is 89.9. The number of likely N-dealkylation sites (tertiary alicyclic amines) is 4. The monoisotopic (exact) mass is 856 g/mol. The lowest BCUT2D eigenvalue weighted by Gasteiger charge is -2.37. The second kappa shape index (κ2) is 19.8. The van der Waals surface area contributed by atoms with Gasteiger partial charge in [-0.1, -0.05) is 12.1 Å². The molecule has 8 rings (SSSR count). The molecule has 4 fully saturated rings. The molecular weight excluding hydrogens is 793 g/mol. The van der Waals surface area contributed by atoms with Crippen LogP contribution in [0.15, 0.2) is 24.3 Å². The number of aliphatic carboxylic acids is 1. The number of carbonyl (C=O) groups is 6. The highest BCUT2D eigenvalue weighted by atomic mass is 16.6. The molecule has 0 saturated carbocycles. The Bertz CT molecular complexity index is 1990. The molecule has 0 aromatic carbocycles. The fraction of sp³-hybridized carbons (Fsp3) is 0.652. The number of hydrogen-bond donors (Lipinski definition) is 3. The maximum atomic E-state index is 13.1. The number of aryl methyl sites for hydroxylation is 2. The largest absolute Gasteiger partial charge is 0.480 e. The summed E-state index contributed by atoms with van der Waals surface area (Å²) in [6.45, 7) is 10.5. The first-order chi connectivity index (χ1) is 29.7. The van der Waals surface area contributed by atoms with Crippen molar-refractivity contribution < 1.29 is 38.6 Å². The highest BCUT2D eigenvalue weighted by molar-refractivity contribution is 5.89. The van der Waals surface area contributed by atoms with E-state index in [4.69, 9.17) is 19.8 Å². The summed E-state index contributed by atoms with van der Waals surface area (Å²) in [5, 5.41) is 15.7. The van der Waals surface area contributed by atoms with Crippen molar-refractivity contribution in [2.75, 3.05) is 76.1 Å². The van der Waals surface area contributed by atoms with Crippen LogP contribution in [0.4, 0.5) is 11.6 Å². The number of fused-ring (bicyclic) bond motifs is 2. The molecule has 336 valence electrons. The lowest BCUT2D eigenvalue weighted by atomic mass is 9.89. The number of anilines is 2. The molecule has 2 atom stereocenters. The molecule has 16 nitrogen and oxygen atoms in total. The molecule has 16 heteroatoms. The molecule has 4 saturated heterocycles. The number of carboxylic acid groups (broad SMARTS) is 1. The maximum absolute atomic E-state index is 13.1. The lowest BCUT2D eigenvalue weighted by Crippen LogP contribution is -2.48. The van der Waals surface area contributed by atoms with Crippen LogP contribution in [0, 0.1) is 11.8 Å². The number of pyridine rings is 2. The zero-order chi connectivity index (χ0) is 44.0. The summed E-state index contributed by atoms with van der Waals surface area (Å²) in [7, 11) is 0. The Morgan fingerprint density at radius 1 is 0.661 bits per heavy atom. The van der Waals surface area contributed by atoms with Gasteiger partial charge < -0.3 is 40.1 Å². The number of carboxylic acids is 1. The molecule has 2 unspecified atom stereocenters. The van der Waals surface area contributed by atoms with E-state index < -0.39 is 17.5 Å². The second-order valence-corrected chi connectivity index (χ2v) is 18.7. The van der Waals surface area contributed by atoms with E-state index in [-0.39, 0.29) is 61.4 Å². The Hall–Kier alpha value is -5.28. The van der Waals surface area contributed by atoms with Gasteiger partial charge in [0, 0.05) is 100 Å². The minimum absolute atomic E-state index is 0.0341. The van der Waals surface area contributed by atoms with Crippen molar-refractivity contribution in [1.82, 2.24) is 29.6 Å². The number of amides is 4. The van der Waals surface area contributed by atoms with Crippen molar-refractivity contribution in [3.05, 3.63) is 46.8 Å². The van der Waals surface area contributed by atoms with E-state index in [0.29, 0.717) is 63.9 Å². The van der Waals surface area contributed by atoms with Crippen LogP contribution < -0.4 is 10.6 Å². The molecule has 4 amide bonds. The third kappa shape index (κ3) is 11.4. The third-order valence-electron chi connectivity index (χ3n) is 13.1. The Morgan fingerprint density at radius 2 is 1.10 bits per heavy atom. The van der Waals surface area contributed by atoms with Gasteiger partial charge in [-0.3, -0.25) is 28.8 Å². The molecule has 3 N–H and O–H groups in total. The predicted molar refractivity (Wildman–Crippen MR) is 231 cm³/mol. The van der Waals surface area contributed by atoms with Gasteiger partial charge in [-0.25, -0.2) is 9.97 Å². The average molecular weight is 857 g/mol. The molecule has 0 radical (unpaired) electrons. The molecule has 2 aromatic heterocycles. The molecule has 0 bridgehead atoms. The van der Waals surface area contributed by atoms with Crippen LogP contribution in [0.5, 0.6) is 0 Å². The summed E-state index contributed by atoms with van der Waals surface area (Å²) >= 11 is 0. The van der Waals surface area contributed by atoms with Crippen molar-refractivity contribution in [3.63, 3.8) is 0 Å². The van der Waals surface area contributed by atoms with Crippen LogP contribution in [0.1, 0.15) is 119 Å². The van der Waals surface area contributed by atoms with Crippen LogP contribution in [0.2, 0.25) is 0 Å². The van der Waals surface area contributed by atoms with E-state index >= 15 is 0 Å². The van der Waals surface area contributed by atoms with E-state index in [0.717, 1.165) is 87.5 Å². The first-order valence-electron chi connectivity index (χ1n) is 22.7. The minimum Gasteiger partial charge on any atom is -0.480 e. The number of nitrogens with one attached hydrogen (secondary N) is 2. The van der Waals surface area contributed by atoms with Crippen LogP contribution in [0.3, 0.4) is 0 Å². The summed E-state index contributed by atoms with van der Waals surface area (Å²) < 4.78 is 5.32. The number of carbonyl (C=O) groups excluding carboxylic acids is 5. The smallest absolute Gasteiger partial charge is 0.326 e. The zero-order valence-electron chi connectivity index (χ0n) is 36.7. The number of nitrogens with zero attached hydrogens (tertiary/aromatic N) is 6. The van der Waals surface area contributed by atoms with Gasteiger partial charge in [-0.15, -0.1) is 0 Å². The Morgan fingerprint density at radius 3 is 1.50 bits per heavy atom. The standard InChI is InChI=1S/C25H36N4O4.C21H28N4O4/c1-25(2,3)33-22(31)16-29-14-10-19(15-21(29)30)24(32)28-12-8-17(9-13-28)20-7-6-18-5-4-11-26-23(18)27-20;26-18-12-16(7-11-25(18)13-19(27)28)21(29)24-9-5-14(6-10-24)17-4-3-15-2-1-8-22-20(15)23-17/h6-7,17,19H,4-5,8-16H2,1-3H3,(H,26,27);3-4,14,16H,1-2,5-13H2,(H,22,23)(H,27,28). The molecule has 0 spiro atoms. The van der Waals surface area contributed by atoms with Crippen molar-refractivity contribution in [2.24, 2.45) is 11.8 Å². The van der Waals surface area contributed by atoms with Crippen LogP contribution >= 0.6 is 0 Å². The van der Waals surface area contributed by atoms with Crippen LogP contribution in [0.25, 0.3) is 0 Å². The van der Waals surface area contributed by atoms with Crippen molar-refractivity contribution in [2.45, 2.75) is 115 Å². The zero-order valence-corrected chi connectivity index (χ0v) is 36.7. The summed E-state index contributed by atoms with van der Waals surface area (Å²) in [5.74, 6) is 0.421. The van der Waals surface area contributed by atoms with E-state index in [1.165, 1.54) is 20.9 Å². The summed E-state index contributed by atoms with van der Waals surface area (Å²) in [5.41, 5.74) is 4.21. The second-order valence-electron chi connectivity index (χ2n) is 18.7. The van der Waals surface area contributed by atoms with Gasteiger partial charge in [0.25, 0.3) is 0 Å². The van der Waals surface area contributed by atoms with Crippen molar-refractivity contribution in [3.8, 4) is 0 Å². The van der Waals surface area contributed by atoms with E-state index in [2.05, 4.69) is 34.9 Å². The fourth-order valence-corrected chi connectivity index (χ4v) is 9.65. The topological polar surface area (TPSA) is 195 Å². The van der Waals surface area contributed by atoms with Crippen molar-refractivity contribution >= 4 is 47.2 Å². The van der Waals surface area contributed by atoms with Gasteiger partial charge in [0.05, 0.1) is 0 Å². The SMILES string of the molecule is CC(C)(C)OC(=O)CN1CCC(C(=O)N2CCC(c3ccc4c(n3)NCCC4)CC2)CC1=O.O=C(O)CN1CCC(C(=O)N2CCC(c3ccc4c(n3)NCCC4)CC2)CC1=O. The molecule has 8 heterocycles. The van der Waals surface area contributed by atoms with Gasteiger partial charge in [0.1, 0.15) is 30.3 Å². The number of ether oxygens (including phenoxy) is 1. The van der Waals surface area contributed by atoms with E-state index in [9.17, 15) is 28.8 Å². The molecule has 6 aliphatic heterocycles. The van der Waals surface area contributed by atoms with Crippen LogP contribution in [-0.2, 0) is 46.3 Å². The maximum Gasteiger partial charge on any atom is 0.326 e. The van der Waals surface area contributed by atoms with Gasteiger partial charge in [-0.2, -0.15) is 0 Å². The van der Waals surface area contributed by atoms with Crippen LogP contribution in [-0.4, -0.2) is 141 Å². The highest BCUT2D eigenvalue weighted by Gasteiger charge is 2.37. The Kier molecular flexibility index (Phi) is 14.3. The number of esters is 1. The minimum atomic E-state index is -1.02. The molecule has 0 aliphatic carbocycles. The molecule has 2 aromatic rings. The van der Waals surface area contributed by atoms with E-state index in [1.54, 1.807) is 20.8 Å². The predicted octanol–water partition coefficient (Wildman–Crippen LogP) is 4.19. The van der Waals surface area contributed by atoms with Gasteiger partial charge in [0.15, 0.2) is 0 Å². The Balaban J connectivity index is 0.000000188. The first-order valence-corrected chi connectivity index (χ1v) is 22.7. The molecule has 6 aliphatic rings. The summed E-state index contributed by atoms with van der Waals surface area (Å²) in [6, 6.07) is 8.65. The normalized spacial score (nSPS) is 22.3. The quantitative estimate of drug-likeness (QED) is 0.321. The van der Waals surface area contributed by atoms with Gasteiger partial charge >= 0.3 is 11.9 Å². The third-order valence-corrected chi connectivity index (χ3v) is 13.1. The number of hydrogen-bond acceptors (Lipinski definition) is 11. The van der Waals surface area contributed by atoms with Crippen molar-refractivity contribution in [1.29, 1.82) is 0 Å². The Labute approximate surface area is 364 Å². The number of piperidine rings is 4. The molecular formula is C46H64N8O8. The highest BCUT2D eigenvalue weighted by Crippen LogP contribution is 2.33. The van der Waals surface area contributed by atoms with E-state index in [1.807, 2.05) is 9.80 Å². The van der Waals surface area contributed by atoms with Gasteiger partial charge in [-0.05, 0) is 108 Å². The first kappa shape index (κ1) is 44.8. The number of aromatic nitrogens is 2. The molecule has 62 heavy (non-hydrogen) atoms. The van der Waals surface area contributed by atoms with Gasteiger partial charge in [0.2, 0.25) is 23.6 Å². The summed E-state index contributed by atoms with van der Waals surface area (Å²) in [6.07, 6.45) is 9.40. The average Bonchev–Trinajstić information content (AvgIpc) is 3.26. The lowest BCUT2D eigenvalue weighted by molar-refractivity contribution is -0.160.